The van der Waals surface area contributed by atoms with E-state index >= 15 is 0 Å². The Hall–Kier alpha value is -2.68. The number of alkyl halides is 6. The molecular weight excluding hydrogens is 588 g/mol. The number of halogens is 6. The number of carbonyl (C=O) groups is 1. The number of rotatable bonds is 9. The van der Waals surface area contributed by atoms with Gasteiger partial charge in [-0.25, -0.2) is 16.8 Å². The van der Waals surface area contributed by atoms with Crippen LogP contribution >= 0.6 is 0 Å². The van der Waals surface area contributed by atoms with Crippen molar-refractivity contribution in [2.75, 3.05) is 0 Å². The highest BCUT2D eigenvalue weighted by molar-refractivity contribution is 7.93. The fraction of sp³-hybridized carbons (Fsp3) is 0.520. The molecule has 1 aliphatic carbocycles. The minimum Gasteiger partial charge on any atom is -0.406 e. The van der Waals surface area contributed by atoms with E-state index in [1.807, 2.05) is 0 Å². The van der Waals surface area contributed by atoms with Gasteiger partial charge in [0, 0.05) is 12.6 Å². The van der Waals surface area contributed by atoms with Gasteiger partial charge in [0.2, 0.25) is 0 Å². The molecule has 222 valence electrons. The van der Waals surface area contributed by atoms with E-state index in [2.05, 4.69) is 9.72 Å². The van der Waals surface area contributed by atoms with Gasteiger partial charge in [0.1, 0.15) is 11.4 Å². The van der Waals surface area contributed by atoms with Gasteiger partial charge in [-0.3, -0.25) is 9.78 Å². The molecule has 1 aliphatic rings. The second-order valence-electron chi connectivity index (χ2n) is 10.5. The number of hydrogen-bond acceptors (Lipinski definition) is 7. The van der Waals surface area contributed by atoms with Gasteiger partial charge in [-0.1, -0.05) is 6.07 Å². The highest BCUT2D eigenvalue weighted by Crippen LogP contribution is 2.48. The molecule has 1 fully saturated rings. The first-order chi connectivity index (χ1) is 18.1. The zero-order valence-electron chi connectivity index (χ0n) is 21.8. The molecule has 3 rings (SSSR count). The van der Waals surface area contributed by atoms with Crippen LogP contribution < -0.4 is 4.74 Å². The summed E-state index contributed by atoms with van der Waals surface area (Å²) in [6.45, 7) is 5.34. The van der Waals surface area contributed by atoms with Crippen molar-refractivity contribution < 1.29 is 52.7 Å². The van der Waals surface area contributed by atoms with Crippen LogP contribution in [0, 0.1) is 11.8 Å². The van der Waals surface area contributed by atoms with Crippen LogP contribution in [0.4, 0.5) is 26.3 Å². The number of aromatic nitrogens is 1. The Labute approximate surface area is 227 Å². The molecule has 1 saturated carbocycles. The van der Waals surface area contributed by atoms with Gasteiger partial charge in [0.15, 0.2) is 25.5 Å². The highest BCUT2D eigenvalue weighted by atomic mass is 32.2. The zero-order valence-corrected chi connectivity index (χ0v) is 23.4. The van der Waals surface area contributed by atoms with Gasteiger partial charge >= 0.3 is 12.5 Å². The van der Waals surface area contributed by atoms with E-state index in [9.17, 15) is 48.0 Å². The Morgan fingerprint density at radius 3 is 2.15 bits per heavy atom. The predicted molar refractivity (Wildman–Crippen MR) is 131 cm³/mol. The van der Waals surface area contributed by atoms with E-state index in [0.717, 1.165) is 24.3 Å². The standard InChI is InChI=1S/C25H27F6NO6S2/c1-14(2)39(34,35)21-11-17(24(26,27)28)13-32-22(21)20(33)10-15-8-16(9-15)23(3,4)40(36,37)19-7-5-6-18(12-19)38-25(29,30)31/h5-7,11-16H,8-10H2,1-4H3. The molecule has 0 atom stereocenters. The highest BCUT2D eigenvalue weighted by Gasteiger charge is 2.49. The Morgan fingerprint density at radius 1 is 1.02 bits per heavy atom. The number of Topliss-reactive ketones (excluding diaryl/α,β-unsaturated/α-hetero) is 1. The van der Waals surface area contributed by atoms with Crippen LogP contribution in [0.15, 0.2) is 46.3 Å². The fourth-order valence-electron chi connectivity index (χ4n) is 4.47. The van der Waals surface area contributed by atoms with Crippen LogP contribution in [0.5, 0.6) is 5.75 Å². The van der Waals surface area contributed by atoms with Crippen molar-refractivity contribution in [1.29, 1.82) is 0 Å². The van der Waals surface area contributed by atoms with Gasteiger partial charge < -0.3 is 4.74 Å². The summed E-state index contributed by atoms with van der Waals surface area (Å²) in [5.41, 5.74) is -1.93. The predicted octanol–water partition coefficient (Wildman–Crippen LogP) is 6.03. The summed E-state index contributed by atoms with van der Waals surface area (Å²) in [5.74, 6) is -2.42. The van der Waals surface area contributed by atoms with Crippen molar-refractivity contribution in [2.45, 2.75) is 79.3 Å². The topological polar surface area (TPSA) is 107 Å². The Balaban J connectivity index is 1.79. The zero-order chi connectivity index (χ0) is 30.5. The van der Waals surface area contributed by atoms with Crippen LogP contribution in [0.25, 0.3) is 0 Å². The number of benzene rings is 1. The van der Waals surface area contributed by atoms with Gasteiger partial charge in [-0.2, -0.15) is 13.2 Å². The molecule has 0 radical (unpaired) electrons. The molecule has 15 heteroatoms. The van der Waals surface area contributed by atoms with Crippen molar-refractivity contribution in [1.82, 2.24) is 4.98 Å². The molecular formula is C25H27F6NO6S2. The molecule has 7 nitrogen and oxygen atoms in total. The van der Waals surface area contributed by atoms with Crippen LogP contribution in [0.2, 0.25) is 0 Å². The Morgan fingerprint density at radius 2 is 1.62 bits per heavy atom. The van der Waals surface area contributed by atoms with E-state index in [1.165, 1.54) is 27.7 Å². The molecule has 1 heterocycles. The van der Waals surface area contributed by atoms with E-state index < -0.39 is 81.7 Å². The van der Waals surface area contributed by atoms with Crippen LogP contribution in [0.1, 0.15) is 63.0 Å². The first-order valence-electron chi connectivity index (χ1n) is 12.0. The summed E-state index contributed by atoms with van der Waals surface area (Å²) in [5, 5.41) is -1.12. The third-order valence-electron chi connectivity index (χ3n) is 7.11. The summed E-state index contributed by atoms with van der Waals surface area (Å²) < 4.78 is 132. The minimum atomic E-state index is -5.01. The van der Waals surface area contributed by atoms with Crippen LogP contribution in [-0.4, -0.2) is 44.0 Å². The molecule has 0 N–H and O–H groups in total. The largest absolute Gasteiger partial charge is 0.573 e. The monoisotopic (exact) mass is 615 g/mol. The van der Waals surface area contributed by atoms with Gasteiger partial charge in [0.05, 0.1) is 25.4 Å². The first-order valence-corrected chi connectivity index (χ1v) is 15.0. The summed E-state index contributed by atoms with van der Waals surface area (Å²) in [7, 11) is -8.47. The summed E-state index contributed by atoms with van der Waals surface area (Å²) in [6.07, 6.45) is -9.38. The summed E-state index contributed by atoms with van der Waals surface area (Å²) in [6, 6.07) is 4.40. The Kier molecular flexibility index (Phi) is 8.45. The quantitative estimate of drug-likeness (QED) is 0.250. The lowest BCUT2D eigenvalue weighted by molar-refractivity contribution is -0.274. The molecule has 1 aromatic heterocycles. The maximum absolute atomic E-state index is 13.3. The molecule has 0 bridgehead atoms. The average Bonchev–Trinajstić information content (AvgIpc) is 2.78. The second-order valence-corrected chi connectivity index (χ2v) is 15.5. The van der Waals surface area contributed by atoms with Gasteiger partial charge in [-0.05, 0) is 76.6 Å². The van der Waals surface area contributed by atoms with Crippen molar-refractivity contribution in [3.05, 3.63) is 47.8 Å². The van der Waals surface area contributed by atoms with E-state index in [-0.39, 0.29) is 24.2 Å². The number of pyridine rings is 1. The SMILES string of the molecule is CC(C)S(=O)(=O)c1cc(C(F)(F)F)cnc1C(=O)CC1CC(C(C)(C)S(=O)(=O)c2cccc(OC(F)(F)F)c2)C1. The van der Waals surface area contributed by atoms with E-state index in [4.69, 9.17) is 0 Å². The number of nitrogens with zero attached hydrogens (tertiary/aromatic N) is 1. The molecule has 0 unspecified atom stereocenters. The molecule has 2 aromatic rings. The smallest absolute Gasteiger partial charge is 0.406 e. The van der Waals surface area contributed by atoms with Crippen molar-refractivity contribution in [3.8, 4) is 5.75 Å². The fourth-order valence-corrected chi connectivity index (χ4v) is 7.47. The first kappa shape index (κ1) is 31.8. The molecule has 0 amide bonds. The maximum atomic E-state index is 13.3. The maximum Gasteiger partial charge on any atom is 0.573 e. The van der Waals surface area contributed by atoms with Crippen molar-refractivity contribution in [2.24, 2.45) is 11.8 Å². The number of ether oxygens (including phenoxy) is 1. The number of ketones is 1. The van der Waals surface area contributed by atoms with Gasteiger partial charge in [0.25, 0.3) is 0 Å². The van der Waals surface area contributed by atoms with Crippen LogP contribution in [-0.2, 0) is 25.9 Å². The lowest BCUT2D eigenvalue weighted by atomic mass is 9.67. The van der Waals surface area contributed by atoms with E-state index in [0.29, 0.717) is 12.3 Å². The third kappa shape index (κ3) is 6.45. The number of carbonyl (C=O) groups excluding carboxylic acids is 1. The summed E-state index contributed by atoms with van der Waals surface area (Å²) in [4.78, 5) is 15.3. The van der Waals surface area contributed by atoms with Crippen molar-refractivity contribution in [3.63, 3.8) is 0 Å². The van der Waals surface area contributed by atoms with Crippen molar-refractivity contribution >= 4 is 25.5 Å². The minimum absolute atomic E-state index is 0.198. The number of hydrogen-bond donors (Lipinski definition) is 0. The molecule has 0 aliphatic heterocycles. The molecule has 40 heavy (non-hydrogen) atoms. The third-order valence-corrected chi connectivity index (χ3v) is 11.9. The second kappa shape index (κ2) is 10.6. The average molecular weight is 616 g/mol. The normalized spacial score (nSPS) is 18.9. The molecule has 0 spiro atoms. The van der Waals surface area contributed by atoms with Crippen LogP contribution in [0.3, 0.4) is 0 Å². The lowest BCUT2D eigenvalue weighted by Gasteiger charge is -2.44. The Bertz CT molecular complexity index is 1490. The number of sulfone groups is 2. The van der Waals surface area contributed by atoms with E-state index in [1.54, 1.807) is 0 Å². The molecule has 0 saturated heterocycles. The lowest BCUT2D eigenvalue weighted by Crippen LogP contribution is -2.46. The van der Waals surface area contributed by atoms with Gasteiger partial charge in [-0.15, -0.1) is 13.2 Å². The summed E-state index contributed by atoms with van der Waals surface area (Å²) >= 11 is 0. The molecule has 1 aromatic carbocycles.